The number of para-hydroxylation sites is 1. The molecule has 0 saturated carbocycles. The third kappa shape index (κ3) is 6.51. The molecule has 0 heterocycles. The van der Waals surface area contributed by atoms with Crippen molar-refractivity contribution in [3.05, 3.63) is 59.7 Å². The van der Waals surface area contributed by atoms with Gasteiger partial charge in [0.05, 0.1) is 6.54 Å². The van der Waals surface area contributed by atoms with E-state index < -0.39 is 5.91 Å². The fourth-order valence-corrected chi connectivity index (χ4v) is 2.70. The largest absolute Gasteiger partial charge is 0.366 e. The van der Waals surface area contributed by atoms with Gasteiger partial charge < -0.3 is 16.4 Å². The number of benzene rings is 2. The van der Waals surface area contributed by atoms with E-state index in [9.17, 15) is 14.4 Å². The minimum atomic E-state index is -0.515. The molecule has 0 radical (unpaired) electrons. The van der Waals surface area contributed by atoms with Crippen molar-refractivity contribution >= 4 is 29.1 Å². The summed E-state index contributed by atoms with van der Waals surface area (Å²) in [5.74, 6) is -0.805. The van der Waals surface area contributed by atoms with Crippen molar-refractivity contribution in [3.63, 3.8) is 0 Å². The summed E-state index contributed by atoms with van der Waals surface area (Å²) in [7, 11) is 1.79. The second-order valence-electron chi connectivity index (χ2n) is 6.54. The van der Waals surface area contributed by atoms with Crippen molar-refractivity contribution in [1.82, 2.24) is 4.90 Å². The third-order valence-electron chi connectivity index (χ3n) is 4.26. The summed E-state index contributed by atoms with van der Waals surface area (Å²) in [6.45, 7) is 2.67. The van der Waals surface area contributed by atoms with Gasteiger partial charge in [-0.2, -0.15) is 0 Å². The topological polar surface area (TPSA) is 105 Å². The average molecular weight is 382 g/mol. The molecule has 7 heteroatoms. The Morgan fingerprint density at radius 2 is 1.64 bits per heavy atom. The Morgan fingerprint density at radius 3 is 2.29 bits per heavy atom. The predicted octanol–water partition coefficient (Wildman–Crippen LogP) is 2.25. The second kappa shape index (κ2) is 10.2. The molecule has 0 aromatic heterocycles. The molecule has 7 nitrogen and oxygen atoms in total. The Kier molecular flexibility index (Phi) is 7.71. The van der Waals surface area contributed by atoms with E-state index in [1.54, 1.807) is 36.2 Å². The van der Waals surface area contributed by atoms with Crippen molar-refractivity contribution in [2.75, 3.05) is 30.8 Å². The molecule has 2 aromatic rings. The van der Waals surface area contributed by atoms with E-state index in [1.807, 2.05) is 31.2 Å². The highest BCUT2D eigenvalue weighted by Gasteiger charge is 2.11. The zero-order valence-corrected chi connectivity index (χ0v) is 16.2. The highest BCUT2D eigenvalue weighted by Crippen LogP contribution is 2.15. The lowest BCUT2D eigenvalue weighted by Gasteiger charge is -2.17. The molecule has 0 aliphatic rings. The first-order valence-electron chi connectivity index (χ1n) is 9.15. The van der Waals surface area contributed by atoms with Crippen molar-refractivity contribution in [3.8, 4) is 0 Å². The molecule has 0 aliphatic heterocycles. The van der Waals surface area contributed by atoms with Crippen molar-refractivity contribution in [1.29, 1.82) is 0 Å². The van der Waals surface area contributed by atoms with E-state index in [-0.39, 0.29) is 24.8 Å². The van der Waals surface area contributed by atoms with Gasteiger partial charge in [0.2, 0.25) is 17.7 Å². The van der Waals surface area contributed by atoms with Crippen LogP contribution in [0.4, 0.5) is 11.4 Å². The normalized spacial score (nSPS) is 10.5. The molecule has 2 rings (SSSR count). The zero-order valence-electron chi connectivity index (χ0n) is 16.2. The lowest BCUT2D eigenvalue weighted by molar-refractivity contribution is -0.119. The summed E-state index contributed by atoms with van der Waals surface area (Å²) < 4.78 is 0. The minimum absolute atomic E-state index is 0.120. The third-order valence-corrected chi connectivity index (χ3v) is 4.26. The molecule has 0 aliphatic carbocycles. The molecule has 0 fully saturated rings. The number of nitrogens with one attached hydrogen (secondary N) is 2. The van der Waals surface area contributed by atoms with Gasteiger partial charge in [-0.3, -0.25) is 19.3 Å². The standard InChI is InChI=1S/C21H26N4O3/c1-3-15-6-4-5-7-18(15)24-20(27)14-25(2)13-12-19(26)23-17-10-8-16(9-11-17)21(22)28/h4-11H,3,12-14H2,1-2H3,(H2,22,28)(H,23,26)(H,24,27). The first-order chi connectivity index (χ1) is 13.4. The van der Waals surface area contributed by atoms with Gasteiger partial charge in [0.15, 0.2) is 0 Å². The van der Waals surface area contributed by atoms with Crippen LogP contribution in [0.2, 0.25) is 0 Å². The molecular weight excluding hydrogens is 356 g/mol. The molecule has 0 unspecified atom stereocenters. The smallest absolute Gasteiger partial charge is 0.248 e. The van der Waals surface area contributed by atoms with Crippen LogP contribution in [-0.4, -0.2) is 42.8 Å². The first kappa shape index (κ1) is 21.1. The van der Waals surface area contributed by atoms with Gasteiger partial charge in [-0.05, 0) is 49.4 Å². The number of carbonyl (C=O) groups excluding carboxylic acids is 3. The molecule has 4 N–H and O–H groups in total. The Bertz CT molecular complexity index is 834. The minimum Gasteiger partial charge on any atom is -0.366 e. The SMILES string of the molecule is CCc1ccccc1NC(=O)CN(C)CCC(=O)Nc1ccc(C(N)=O)cc1. The summed E-state index contributed by atoms with van der Waals surface area (Å²) in [5.41, 5.74) is 8.06. The molecule has 0 saturated heterocycles. The second-order valence-corrected chi connectivity index (χ2v) is 6.54. The summed E-state index contributed by atoms with van der Waals surface area (Å²) in [4.78, 5) is 37.1. The van der Waals surface area contributed by atoms with Crippen LogP contribution in [0.15, 0.2) is 48.5 Å². The van der Waals surface area contributed by atoms with E-state index in [4.69, 9.17) is 5.73 Å². The van der Waals surface area contributed by atoms with Gasteiger partial charge in [0.25, 0.3) is 0 Å². The number of anilines is 2. The van der Waals surface area contributed by atoms with Crippen LogP contribution in [0.1, 0.15) is 29.3 Å². The number of nitrogens with zero attached hydrogens (tertiary/aromatic N) is 1. The number of carbonyl (C=O) groups is 3. The highest BCUT2D eigenvalue weighted by molar-refractivity contribution is 5.95. The van der Waals surface area contributed by atoms with E-state index in [0.29, 0.717) is 17.8 Å². The van der Waals surface area contributed by atoms with Gasteiger partial charge in [0.1, 0.15) is 0 Å². The molecule has 0 bridgehead atoms. The molecule has 3 amide bonds. The van der Waals surface area contributed by atoms with E-state index in [2.05, 4.69) is 10.6 Å². The number of rotatable bonds is 9. The predicted molar refractivity (Wildman–Crippen MR) is 110 cm³/mol. The number of hydrogen-bond donors (Lipinski definition) is 3. The number of hydrogen-bond acceptors (Lipinski definition) is 4. The number of aryl methyl sites for hydroxylation is 1. The summed E-state index contributed by atoms with van der Waals surface area (Å²) >= 11 is 0. The van der Waals surface area contributed by atoms with E-state index in [1.165, 1.54) is 0 Å². The average Bonchev–Trinajstić information content (AvgIpc) is 2.67. The lowest BCUT2D eigenvalue weighted by Crippen LogP contribution is -2.32. The number of amides is 3. The first-order valence-corrected chi connectivity index (χ1v) is 9.15. The maximum atomic E-state index is 12.2. The van der Waals surface area contributed by atoms with Gasteiger partial charge >= 0.3 is 0 Å². The molecule has 2 aromatic carbocycles. The molecule has 0 spiro atoms. The number of likely N-dealkylation sites (N-methyl/N-ethyl adjacent to an activating group) is 1. The fourth-order valence-electron chi connectivity index (χ4n) is 2.70. The summed E-state index contributed by atoms with van der Waals surface area (Å²) in [5, 5.41) is 5.67. The highest BCUT2D eigenvalue weighted by atomic mass is 16.2. The van der Waals surface area contributed by atoms with E-state index >= 15 is 0 Å². The molecule has 148 valence electrons. The summed E-state index contributed by atoms with van der Waals surface area (Å²) in [6.07, 6.45) is 1.08. The summed E-state index contributed by atoms with van der Waals surface area (Å²) in [6, 6.07) is 14.1. The Labute approximate surface area is 164 Å². The van der Waals surface area contributed by atoms with Crippen LogP contribution in [0.5, 0.6) is 0 Å². The monoisotopic (exact) mass is 382 g/mol. The maximum absolute atomic E-state index is 12.2. The van der Waals surface area contributed by atoms with Crippen molar-refractivity contribution in [2.24, 2.45) is 5.73 Å². The zero-order chi connectivity index (χ0) is 20.5. The van der Waals surface area contributed by atoms with Crippen LogP contribution in [0.3, 0.4) is 0 Å². The van der Waals surface area contributed by atoms with Crippen LogP contribution in [0, 0.1) is 0 Å². The number of primary amides is 1. The Balaban J connectivity index is 1.76. The Hall–Kier alpha value is -3.19. The molecule has 0 atom stereocenters. The number of nitrogens with two attached hydrogens (primary N) is 1. The van der Waals surface area contributed by atoms with Gasteiger partial charge in [-0.25, -0.2) is 0 Å². The van der Waals surface area contributed by atoms with Crippen molar-refractivity contribution in [2.45, 2.75) is 19.8 Å². The van der Waals surface area contributed by atoms with Gasteiger partial charge in [-0.1, -0.05) is 25.1 Å². The Morgan fingerprint density at radius 1 is 0.964 bits per heavy atom. The fraction of sp³-hybridized carbons (Fsp3) is 0.286. The quantitative estimate of drug-likeness (QED) is 0.619. The van der Waals surface area contributed by atoms with Gasteiger partial charge in [0, 0.05) is 29.9 Å². The lowest BCUT2D eigenvalue weighted by atomic mass is 10.1. The molecular formula is C21H26N4O3. The van der Waals surface area contributed by atoms with Crippen LogP contribution in [-0.2, 0) is 16.0 Å². The van der Waals surface area contributed by atoms with E-state index in [0.717, 1.165) is 17.7 Å². The van der Waals surface area contributed by atoms with Gasteiger partial charge in [-0.15, -0.1) is 0 Å². The van der Waals surface area contributed by atoms with Crippen LogP contribution < -0.4 is 16.4 Å². The van der Waals surface area contributed by atoms with Crippen molar-refractivity contribution < 1.29 is 14.4 Å². The maximum Gasteiger partial charge on any atom is 0.248 e. The van der Waals surface area contributed by atoms with Crippen LogP contribution >= 0.6 is 0 Å². The van der Waals surface area contributed by atoms with Crippen LogP contribution in [0.25, 0.3) is 0 Å². The molecule has 28 heavy (non-hydrogen) atoms.